The highest BCUT2D eigenvalue weighted by Crippen LogP contribution is 2.43. The molecule has 0 aliphatic carbocycles. The van der Waals surface area contributed by atoms with E-state index in [-0.39, 0.29) is 6.61 Å². The molecule has 142 valence electrons. The summed E-state index contributed by atoms with van der Waals surface area (Å²) < 4.78 is 6.21. The Labute approximate surface area is 170 Å². The molecule has 0 radical (unpaired) electrons. The number of aliphatic hydroxyl groups is 1. The van der Waals surface area contributed by atoms with Gasteiger partial charge in [0.2, 0.25) is 0 Å². The Morgan fingerprint density at radius 1 is 1.04 bits per heavy atom. The predicted octanol–water partition coefficient (Wildman–Crippen LogP) is 6.97. The van der Waals surface area contributed by atoms with E-state index in [1.54, 1.807) is 6.07 Å². The molecule has 1 unspecified atom stereocenters. The maximum atomic E-state index is 10.1. The van der Waals surface area contributed by atoms with Gasteiger partial charge in [0.05, 0.1) is 12.2 Å². The summed E-state index contributed by atoms with van der Waals surface area (Å²) in [4.78, 5) is 0. The number of halogens is 2. The van der Waals surface area contributed by atoms with Crippen LogP contribution in [0.15, 0.2) is 48.5 Å². The molecule has 0 aliphatic rings. The third-order valence-electron chi connectivity index (χ3n) is 4.48. The average molecular weight is 403 g/mol. The molecular formula is C23H24Cl2O2. The monoisotopic (exact) mass is 402 g/mol. The molecule has 3 aromatic rings. The minimum atomic E-state index is -0.462. The number of fused-ring (bicyclic) bond motifs is 1. The van der Waals surface area contributed by atoms with Crippen molar-refractivity contribution < 1.29 is 9.84 Å². The van der Waals surface area contributed by atoms with Crippen molar-refractivity contribution in [2.45, 2.75) is 39.4 Å². The lowest BCUT2D eigenvalue weighted by atomic mass is 9.87. The van der Waals surface area contributed by atoms with E-state index in [1.807, 2.05) is 52.0 Å². The average Bonchev–Trinajstić information content (AvgIpc) is 2.58. The van der Waals surface area contributed by atoms with Crippen LogP contribution in [0.25, 0.3) is 21.9 Å². The first-order chi connectivity index (χ1) is 12.7. The largest absolute Gasteiger partial charge is 0.393 e. The van der Waals surface area contributed by atoms with E-state index in [1.165, 1.54) is 0 Å². The van der Waals surface area contributed by atoms with Crippen molar-refractivity contribution in [1.82, 2.24) is 0 Å². The molecule has 0 heterocycles. The van der Waals surface area contributed by atoms with E-state index in [9.17, 15) is 5.11 Å². The van der Waals surface area contributed by atoms with Crippen LogP contribution in [0.2, 0.25) is 10.0 Å². The van der Waals surface area contributed by atoms with Gasteiger partial charge >= 0.3 is 0 Å². The fraction of sp³-hybridized carbons (Fsp3) is 0.304. The standard InChI is InChI=1S/C23H24Cl2O2/c1-14-11-15-7-5-6-8-17(15)22(18-10-9-16(24)12-19(18)25)21(14)20(13-26)27-23(2,3)4/h5-12,20,26H,13H2,1-4H3. The first-order valence-electron chi connectivity index (χ1n) is 8.97. The molecule has 0 spiro atoms. The van der Waals surface area contributed by atoms with Gasteiger partial charge in [0, 0.05) is 15.6 Å². The highest BCUT2D eigenvalue weighted by Gasteiger charge is 2.26. The topological polar surface area (TPSA) is 29.5 Å². The number of aliphatic hydroxyl groups excluding tert-OH is 1. The van der Waals surface area contributed by atoms with Crippen molar-refractivity contribution in [1.29, 1.82) is 0 Å². The first-order valence-corrected chi connectivity index (χ1v) is 9.73. The summed E-state index contributed by atoms with van der Waals surface area (Å²) in [7, 11) is 0. The van der Waals surface area contributed by atoms with Gasteiger partial charge in [-0.15, -0.1) is 0 Å². The number of rotatable bonds is 4. The zero-order valence-electron chi connectivity index (χ0n) is 16.0. The Balaban J connectivity index is 2.37. The van der Waals surface area contributed by atoms with Crippen LogP contribution in [-0.4, -0.2) is 17.3 Å². The second kappa shape index (κ2) is 7.81. The summed E-state index contributed by atoms with van der Waals surface area (Å²) in [6.45, 7) is 7.89. The van der Waals surface area contributed by atoms with Gasteiger partial charge in [-0.25, -0.2) is 0 Å². The van der Waals surface area contributed by atoms with Crippen molar-refractivity contribution in [2.75, 3.05) is 6.61 Å². The van der Waals surface area contributed by atoms with Crippen molar-refractivity contribution >= 4 is 34.0 Å². The Morgan fingerprint density at radius 2 is 1.74 bits per heavy atom. The first kappa shape index (κ1) is 20.2. The van der Waals surface area contributed by atoms with Crippen LogP contribution >= 0.6 is 23.2 Å². The second-order valence-electron chi connectivity index (χ2n) is 7.73. The lowest BCUT2D eigenvalue weighted by Gasteiger charge is -2.30. The van der Waals surface area contributed by atoms with Crippen LogP contribution in [0.5, 0.6) is 0 Å². The van der Waals surface area contributed by atoms with Crippen LogP contribution in [0.3, 0.4) is 0 Å². The maximum absolute atomic E-state index is 10.1. The highest BCUT2D eigenvalue weighted by molar-refractivity contribution is 6.36. The fourth-order valence-electron chi connectivity index (χ4n) is 3.52. The summed E-state index contributed by atoms with van der Waals surface area (Å²) in [5.41, 5.74) is 3.47. The van der Waals surface area contributed by atoms with E-state index < -0.39 is 11.7 Å². The Bertz CT molecular complexity index is 974. The van der Waals surface area contributed by atoms with Gasteiger partial charge in [0.15, 0.2) is 0 Å². The van der Waals surface area contributed by atoms with E-state index in [2.05, 4.69) is 18.2 Å². The number of hydrogen-bond acceptors (Lipinski definition) is 2. The van der Waals surface area contributed by atoms with Gasteiger partial charge < -0.3 is 9.84 Å². The molecule has 3 rings (SSSR count). The molecule has 0 amide bonds. The minimum absolute atomic E-state index is 0.116. The van der Waals surface area contributed by atoms with Crippen molar-refractivity contribution in [2.24, 2.45) is 0 Å². The molecule has 0 saturated heterocycles. The van der Waals surface area contributed by atoms with Gasteiger partial charge in [-0.1, -0.05) is 59.6 Å². The summed E-state index contributed by atoms with van der Waals surface area (Å²) in [5, 5.41) is 13.5. The van der Waals surface area contributed by atoms with E-state index in [0.29, 0.717) is 10.0 Å². The second-order valence-corrected chi connectivity index (χ2v) is 8.57. The summed E-state index contributed by atoms with van der Waals surface area (Å²) >= 11 is 12.7. The van der Waals surface area contributed by atoms with Gasteiger partial charge in [-0.05, 0) is 67.3 Å². The van der Waals surface area contributed by atoms with E-state index in [0.717, 1.165) is 33.0 Å². The molecule has 0 aliphatic heterocycles. The molecule has 1 atom stereocenters. The van der Waals surface area contributed by atoms with Crippen LogP contribution in [0.4, 0.5) is 0 Å². The van der Waals surface area contributed by atoms with E-state index >= 15 is 0 Å². The van der Waals surface area contributed by atoms with Gasteiger partial charge in [-0.2, -0.15) is 0 Å². The predicted molar refractivity (Wildman–Crippen MR) is 115 cm³/mol. The Hall–Kier alpha value is -1.58. The number of hydrogen-bond donors (Lipinski definition) is 1. The summed E-state index contributed by atoms with van der Waals surface area (Å²) in [5.74, 6) is 0. The van der Waals surface area contributed by atoms with Crippen LogP contribution in [0.1, 0.15) is 38.0 Å². The smallest absolute Gasteiger partial charge is 0.107 e. The third kappa shape index (κ3) is 4.30. The number of aryl methyl sites for hydroxylation is 1. The number of benzene rings is 3. The van der Waals surface area contributed by atoms with Gasteiger partial charge in [-0.3, -0.25) is 0 Å². The molecule has 0 saturated carbocycles. The summed E-state index contributed by atoms with van der Waals surface area (Å²) in [6, 6.07) is 15.8. The molecule has 0 bridgehead atoms. The zero-order valence-corrected chi connectivity index (χ0v) is 17.5. The van der Waals surface area contributed by atoms with Crippen molar-refractivity contribution in [3.63, 3.8) is 0 Å². The molecule has 2 nitrogen and oxygen atoms in total. The molecular weight excluding hydrogens is 379 g/mol. The quantitative estimate of drug-likeness (QED) is 0.510. The molecule has 0 fully saturated rings. The lowest BCUT2D eigenvalue weighted by Crippen LogP contribution is -2.25. The third-order valence-corrected chi connectivity index (χ3v) is 5.03. The van der Waals surface area contributed by atoms with Gasteiger partial charge in [0.1, 0.15) is 6.10 Å². The molecule has 3 aromatic carbocycles. The normalized spacial score (nSPS) is 13.1. The Morgan fingerprint density at radius 3 is 2.37 bits per heavy atom. The van der Waals surface area contributed by atoms with Crippen LogP contribution in [0, 0.1) is 6.92 Å². The van der Waals surface area contributed by atoms with Crippen LogP contribution in [-0.2, 0) is 4.74 Å². The molecule has 27 heavy (non-hydrogen) atoms. The minimum Gasteiger partial charge on any atom is -0.393 e. The van der Waals surface area contributed by atoms with Crippen molar-refractivity contribution in [3.8, 4) is 11.1 Å². The van der Waals surface area contributed by atoms with Gasteiger partial charge in [0.25, 0.3) is 0 Å². The highest BCUT2D eigenvalue weighted by atomic mass is 35.5. The lowest BCUT2D eigenvalue weighted by molar-refractivity contribution is -0.0821. The SMILES string of the molecule is Cc1cc2ccccc2c(-c2ccc(Cl)cc2Cl)c1C(CO)OC(C)(C)C. The van der Waals surface area contributed by atoms with Crippen LogP contribution < -0.4 is 0 Å². The van der Waals surface area contributed by atoms with E-state index in [4.69, 9.17) is 27.9 Å². The number of ether oxygens (including phenoxy) is 1. The molecule has 4 heteroatoms. The Kier molecular flexibility index (Phi) is 5.83. The maximum Gasteiger partial charge on any atom is 0.107 e. The zero-order chi connectivity index (χ0) is 19.8. The molecule has 0 aromatic heterocycles. The molecule has 1 N–H and O–H groups in total. The summed E-state index contributed by atoms with van der Waals surface area (Å²) in [6.07, 6.45) is -0.462. The fourth-order valence-corrected chi connectivity index (χ4v) is 4.02. The van der Waals surface area contributed by atoms with Crippen molar-refractivity contribution in [3.05, 3.63) is 69.7 Å².